The van der Waals surface area contributed by atoms with Crippen LogP contribution in [0.15, 0.2) is 52.1 Å². The number of amides is 2. The maximum absolute atomic E-state index is 15.2. The number of carbonyl (C=O) groups is 2. The Labute approximate surface area is 286 Å². The molecule has 2 aromatic rings. The molecule has 4 aliphatic heterocycles. The Bertz CT molecular complexity index is 1690. The summed E-state index contributed by atoms with van der Waals surface area (Å²) in [7, 11) is 0. The molecule has 2 amide bonds. The summed E-state index contributed by atoms with van der Waals surface area (Å²) in [6, 6.07) is 6.11. The molecule has 5 aliphatic rings. The van der Waals surface area contributed by atoms with Crippen LogP contribution in [0.4, 0.5) is 8.78 Å². The van der Waals surface area contributed by atoms with E-state index in [1.807, 2.05) is 31.7 Å². The minimum Gasteiger partial charge on any atom is -0.394 e. The monoisotopic (exact) mass is 704 g/mol. The van der Waals surface area contributed by atoms with Crippen molar-refractivity contribution in [2.75, 3.05) is 26.2 Å². The zero-order chi connectivity index (χ0) is 33.4. The summed E-state index contributed by atoms with van der Waals surface area (Å²) in [4.78, 5) is 43.3. The Balaban J connectivity index is 1.26. The van der Waals surface area contributed by atoms with Gasteiger partial charge in [-0.3, -0.25) is 9.59 Å². The number of amidine groups is 1. The predicted octanol–water partition coefficient (Wildman–Crippen LogP) is 5.03. The third-order valence-corrected chi connectivity index (χ3v) is 11.7. The average molecular weight is 706 g/mol. The SMILES string of the molecule is CC(C)C1=C(C(=O)N2C[C@H](F)C[C@H]2C(=O)N2CC3(CC3)NC[C@H]2CO)SC2=N[C@@](C)(c3ccc(Cl)nc3)[C@@H](c3ccc(Cl)c(F)c3)N21. The zero-order valence-electron chi connectivity index (χ0n) is 26.2. The number of hydrogen-bond acceptors (Lipinski definition) is 8. The number of aliphatic imine (C=N–C) groups is 1. The van der Waals surface area contributed by atoms with Crippen LogP contribution in [0.1, 0.15) is 57.2 Å². The lowest BCUT2D eigenvalue weighted by Gasteiger charge is -2.42. The van der Waals surface area contributed by atoms with Crippen LogP contribution in [0.3, 0.4) is 0 Å². The summed E-state index contributed by atoms with van der Waals surface area (Å²) in [6.07, 6.45) is 2.03. The van der Waals surface area contributed by atoms with Crippen molar-refractivity contribution in [1.82, 2.24) is 25.0 Å². The minimum atomic E-state index is -1.37. The number of aliphatic hydroxyl groups is 1. The second kappa shape index (κ2) is 12.0. The average Bonchev–Trinajstić information content (AvgIpc) is 3.36. The Kier molecular flexibility index (Phi) is 8.35. The molecule has 0 radical (unpaired) electrons. The number of allylic oxidation sites excluding steroid dienone is 1. The highest BCUT2D eigenvalue weighted by atomic mass is 35.5. The van der Waals surface area contributed by atoms with Crippen molar-refractivity contribution >= 4 is 51.9 Å². The van der Waals surface area contributed by atoms with E-state index < -0.39 is 41.6 Å². The fourth-order valence-electron chi connectivity index (χ4n) is 7.42. The number of fused-ring (bicyclic) bond motifs is 1. The molecular weight excluding hydrogens is 669 g/mol. The number of aliphatic hydroxyl groups excluding tert-OH is 1. The summed E-state index contributed by atoms with van der Waals surface area (Å²) in [6.45, 7) is 6.28. The van der Waals surface area contributed by atoms with Gasteiger partial charge in [-0.25, -0.2) is 18.8 Å². The van der Waals surface area contributed by atoms with Crippen molar-refractivity contribution < 1.29 is 23.5 Å². The first-order chi connectivity index (χ1) is 22.4. The van der Waals surface area contributed by atoms with Crippen LogP contribution in [-0.2, 0) is 15.1 Å². The van der Waals surface area contributed by atoms with Gasteiger partial charge in [-0.2, -0.15) is 0 Å². The van der Waals surface area contributed by atoms with Crippen molar-refractivity contribution in [3.05, 3.63) is 74.3 Å². The van der Waals surface area contributed by atoms with Crippen molar-refractivity contribution in [2.45, 2.75) is 75.4 Å². The number of halogens is 4. The van der Waals surface area contributed by atoms with Crippen molar-refractivity contribution in [3.8, 4) is 0 Å². The van der Waals surface area contributed by atoms with E-state index in [0.29, 0.717) is 39.6 Å². The topological polar surface area (TPSA) is 101 Å². The molecule has 1 spiro atoms. The largest absolute Gasteiger partial charge is 0.394 e. The molecule has 2 N–H and O–H groups in total. The molecular formula is C33H36Cl2F2N6O3S. The highest BCUT2D eigenvalue weighted by molar-refractivity contribution is 8.18. The van der Waals surface area contributed by atoms with Crippen LogP contribution >= 0.6 is 35.0 Å². The number of nitrogens with one attached hydrogen (secondary N) is 1. The number of nitrogens with zero attached hydrogens (tertiary/aromatic N) is 5. The Morgan fingerprint density at radius 3 is 2.60 bits per heavy atom. The summed E-state index contributed by atoms with van der Waals surface area (Å²) in [5.74, 6) is -1.56. The second-order valence-corrected chi connectivity index (χ2v) is 15.4. The number of rotatable bonds is 6. The van der Waals surface area contributed by atoms with Gasteiger partial charge >= 0.3 is 0 Å². The van der Waals surface area contributed by atoms with Gasteiger partial charge < -0.3 is 25.1 Å². The Hall–Kier alpha value is -2.77. The smallest absolute Gasteiger partial charge is 0.263 e. The highest BCUT2D eigenvalue weighted by Crippen LogP contribution is 2.56. The van der Waals surface area contributed by atoms with Gasteiger partial charge in [0.25, 0.3) is 5.91 Å². The van der Waals surface area contributed by atoms with Crippen LogP contribution in [0, 0.1) is 11.7 Å². The molecule has 14 heteroatoms. The number of thioether (sulfide) groups is 1. The molecule has 1 aromatic heterocycles. The van der Waals surface area contributed by atoms with Crippen molar-refractivity contribution in [1.29, 1.82) is 0 Å². The van der Waals surface area contributed by atoms with Crippen LogP contribution in [0.5, 0.6) is 0 Å². The van der Waals surface area contributed by atoms with Crippen LogP contribution in [-0.4, -0.2) is 91.8 Å². The third kappa shape index (κ3) is 5.53. The first-order valence-corrected chi connectivity index (χ1v) is 17.4. The van der Waals surface area contributed by atoms with E-state index in [4.69, 9.17) is 28.2 Å². The normalized spacial score (nSPS) is 29.6. The second-order valence-electron chi connectivity index (χ2n) is 13.6. The fourth-order valence-corrected chi connectivity index (χ4v) is 9.01. The van der Waals surface area contributed by atoms with Gasteiger partial charge in [0.2, 0.25) is 5.91 Å². The van der Waals surface area contributed by atoms with Gasteiger partial charge in [-0.1, -0.05) is 49.2 Å². The molecule has 7 rings (SSSR count). The molecule has 1 aromatic carbocycles. The molecule has 2 saturated heterocycles. The number of likely N-dealkylation sites (tertiary alicyclic amines) is 1. The zero-order valence-corrected chi connectivity index (χ0v) is 28.5. The molecule has 47 heavy (non-hydrogen) atoms. The molecule has 1 saturated carbocycles. The summed E-state index contributed by atoms with van der Waals surface area (Å²) in [5, 5.41) is 14.3. The summed E-state index contributed by atoms with van der Waals surface area (Å²) < 4.78 is 30.1. The number of aromatic nitrogens is 1. The lowest BCUT2D eigenvalue weighted by atomic mass is 9.81. The maximum atomic E-state index is 15.2. The molecule has 250 valence electrons. The minimum absolute atomic E-state index is 0.0138. The molecule has 0 bridgehead atoms. The Morgan fingerprint density at radius 2 is 1.96 bits per heavy atom. The molecule has 0 unspecified atom stereocenters. The third-order valence-electron chi connectivity index (χ3n) is 10.1. The fraction of sp³-hybridized carbons (Fsp3) is 0.515. The highest BCUT2D eigenvalue weighted by Gasteiger charge is 2.56. The van der Waals surface area contributed by atoms with Crippen LogP contribution in [0.25, 0.3) is 0 Å². The molecule has 3 fully saturated rings. The quantitative estimate of drug-likeness (QED) is 0.407. The summed E-state index contributed by atoms with van der Waals surface area (Å²) >= 11 is 13.4. The lowest BCUT2D eigenvalue weighted by Crippen LogP contribution is -2.63. The van der Waals surface area contributed by atoms with E-state index >= 15 is 4.39 Å². The van der Waals surface area contributed by atoms with Gasteiger partial charge in [-0.05, 0) is 61.2 Å². The van der Waals surface area contributed by atoms with Crippen LogP contribution in [0.2, 0.25) is 10.2 Å². The number of piperazine rings is 1. The number of hydrogen-bond donors (Lipinski definition) is 2. The number of benzene rings is 1. The number of pyridine rings is 1. The first-order valence-electron chi connectivity index (χ1n) is 15.9. The van der Waals surface area contributed by atoms with Gasteiger partial charge in [-0.15, -0.1) is 0 Å². The van der Waals surface area contributed by atoms with Crippen molar-refractivity contribution in [2.24, 2.45) is 10.9 Å². The lowest BCUT2D eigenvalue weighted by molar-refractivity contribution is -0.146. The summed E-state index contributed by atoms with van der Waals surface area (Å²) in [5.41, 5.74) is 0.881. The number of carbonyl (C=O) groups excluding carboxylic acids is 2. The van der Waals surface area contributed by atoms with E-state index in [1.165, 1.54) is 28.8 Å². The van der Waals surface area contributed by atoms with E-state index in [-0.39, 0.29) is 42.0 Å². The molecule has 9 nitrogen and oxygen atoms in total. The first kappa shape index (κ1) is 32.8. The van der Waals surface area contributed by atoms with E-state index in [2.05, 4.69) is 10.3 Å². The van der Waals surface area contributed by atoms with Gasteiger partial charge in [0, 0.05) is 42.5 Å². The van der Waals surface area contributed by atoms with Crippen LogP contribution < -0.4 is 5.32 Å². The van der Waals surface area contributed by atoms with Gasteiger partial charge in [0.1, 0.15) is 33.6 Å². The maximum Gasteiger partial charge on any atom is 0.263 e. The van der Waals surface area contributed by atoms with E-state index in [1.54, 1.807) is 23.2 Å². The molecule has 1 aliphatic carbocycles. The number of alkyl halides is 1. The van der Waals surface area contributed by atoms with Crippen molar-refractivity contribution in [3.63, 3.8) is 0 Å². The van der Waals surface area contributed by atoms with Gasteiger partial charge in [0.15, 0.2) is 5.17 Å². The van der Waals surface area contributed by atoms with E-state index in [9.17, 15) is 19.1 Å². The Morgan fingerprint density at radius 1 is 1.19 bits per heavy atom. The molecule has 5 heterocycles. The molecule has 5 atom stereocenters. The standard InChI is InChI=1S/C33H36Cl2F2N6O3S/c1-17(2)26-27(30(46)41-14-20(36)11-24(41)29(45)42-16-33(8-9-33)39-13-21(42)15-44)47-31-40-32(3,19-5-7-25(35)38-12-19)28(43(26)31)18-4-6-22(34)23(37)10-18/h4-7,10,12,17,20-21,24,28,39,44H,8-9,11,13-16H2,1-3H3/t20-,21+,24+,28-,32+/m1/s1. The van der Waals surface area contributed by atoms with Gasteiger partial charge in [0.05, 0.1) is 30.3 Å². The van der Waals surface area contributed by atoms with E-state index in [0.717, 1.165) is 18.4 Å². The predicted molar refractivity (Wildman–Crippen MR) is 177 cm³/mol.